The lowest BCUT2D eigenvalue weighted by Crippen LogP contribution is -2.33. The lowest BCUT2D eigenvalue weighted by Gasteiger charge is -2.38. The van der Waals surface area contributed by atoms with Gasteiger partial charge in [-0.1, -0.05) is 53.5 Å². The first kappa shape index (κ1) is 25.4. The van der Waals surface area contributed by atoms with Crippen LogP contribution in [-0.2, 0) is 6.61 Å². The number of hydrazone groups is 1. The van der Waals surface area contributed by atoms with E-state index in [9.17, 15) is 0 Å². The van der Waals surface area contributed by atoms with E-state index in [0.29, 0.717) is 40.3 Å². The molecule has 4 aromatic carbocycles. The van der Waals surface area contributed by atoms with Crippen LogP contribution in [0.3, 0.4) is 0 Å². The Labute approximate surface area is 237 Å². The molecule has 2 heterocycles. The number of hydrogen-bond donors (Lipinski definition) is 0. The molecule has 8 heteroatoms. The minimum Gasteiger partial charge on any atom is -0.493 e. The maximum absolute atomic E-state index is 6.63. The molecule has 0 radical (unpaired) electrons. The summed E-state index contributed by atoms with van der Waals surface area (Å²) in [4.78, 5) is 0. The average molecular weight is 561 g/mol. The van der Waals surface area contributed by atoms with Gasteiger partial charge >= 0.3 is 0 Å². The smallest absolute Gasteiger partial charge is 0.213 e. The fraction of sp³-hybridized carbons (Fsp3) is 0.194. The van der Waals surface area contributed by atoms with Crippen LogP contribution in [0.15, 0.2) is 90.0 Å². The van der Waals surface area contributed by atoms with E-state index in [2.05, 4.69) is 0 Å². The van der Waals surface area contributed by atoms with Gasteiger partial charge in [0.2, 0.25) is 6.23 Å². The van der Waals surface area contributed by atoms with Crippen molar-refractivity contribution in [3.63, 3.8) is 0 Å². The second kappa shape index (κ2) is 10.7. The zero-order chi connectivity index (χ0) is 26.9. The molecular formula is C31H26Cl2N2O4. The van der Waals surface area contributed by atoms with E-state index in [4.69, 9.17) is 47.3 Å². The number of fused-ring (bicyclic) bond motifs is 3. The maximum Gasteiger partial charge on any atom is 0.213 e. The summed E-state index contributed by atoms with van der Waals surface area (Å²) in [7, 11) is 3.24. The highest BCUT2D eigenvalue weighted by Gasteiger charge is 2.42. The van der Waals surface area contributed by atoms with E-state index in [0.717, 1.165) is 33.7 Å². The summed E-state index contributed by atoms with van der Waals surface area (Å²) < 4.78 is 23.4. The van der Waals surface area contributed by atoms with E-state index in [1.165, 1.54) is 0 Å². The minimum absolute atomic E-state index is 0.105. The van der Waals surface area contributed by atoms with Crippen molar-refractivity contribution in [2.24, 2.45) is 5.10 Å². The molecule has 2 aliphatic rings. The highest BCUT2D eigenvalue weighted by Crippen LogP contribution is 2.51. The molecule has 4 aromatic rings. The summed E-state index contributed by atoms with van der Waals surface area (Å²) in [6, 6.07) is 27.3. The number of ether oxygens (including phenoxy) is 4. The van der Waals surface area contributed by atoms with Crippen LogP contribution in [0.4, 0.5) is 0 Å². The second-order valence-corrected chi connectivity index (χ2v) is 10.2. The largest absolute Gasteiger partial charge is 0.493 e. The molecule has 198 valence electrons. The SMILES string of the molecule is COc1ccc(C2=NN3[C@@H](C2)c2cc(Cl)cc(Cl)c2O[C@H]3c2ccc(OCc3ccccc3)cc2)cc1OC. The summed E-state index contributed by atoms with van der Waals surface area (Å²) in [6.45, 7) is 0.497. The molecule has 0 saturated carbocycles. The zero-order valence-corrected chi connectivity index (χ0v) is 22.9. The standard InChI is InChI=1S/C31H26Cl2N2O4/c1-36-28-13-10-21(14-29(28)37-2)26-17-27-24-15-22(32)16-25(33)30(24)39-31(35(27)34-26)20-8-11-23(12-9-20)38-18-19-6-4-3-5-7-19/h3-16,27,31H,17-18H2,1-2H3/t27-,31-/m0/s1. The van der Waals surface area contributed by atoms with Gasteiger partial charge in [-0.15, -0.1) is 0 Å². The Hall–Kier alpha value is -3.87. The van der Waals surface area contributed by atoms with Gasteiger partial charge in [-0.05, 0) is 60.2 Å². The van der Waals surface area contributed by atoms with Crippen molar-refractivity contribution in [2.45, 2.75) is 25.3 Å². The topological polar surface area (TPSA) is 52.5 Å². The Balaban J connectivity index is 1.33. The van der Waals surface area contributed by atoms with Gasteiger partial charge in [-0.3, -0.25) is 0 Å². The molecule has 0 amide bonds. The van der Waals surface area contributed by atoms with E-state index < -0.39 is 6.23 Å². The third kappa shape index (κ3) is 4.98. The fourth-order valence-electron chi connectivity index (χ4n) is 4.99. The Kier molecular flexibility index (Phi) is 6.98. The van der Waals surface area contributed by atoms with Crippen LogP contribution in [0.1, 0.15) is 40.9 Å². The third-order valence-corrected chi connectivity index (χ3v) is 7.44. The van der Waals surface area contributed by atoms with Crippen LogP contribution in [0.5, 0.6) is 23.0 Å². The van der Waals surface area contributed by atoms with Crippen molar-refractivity contribution in [1.82, 2.24) is 5.01 Å². The molecule has 0 bridgehead atoms. The van der Waals surface area contributed by atoms with Crippen molar-refractivity contribution in [3.05, 3.63) is 117 Å². The van der Waals surface area contributed by atoms with Crippen LogP contribution in [0, 0.1) is 0 Å². The summed E-state index contributed by atoms with van der Waals surface area (Å²) in [6.07, 6.45) is 0.166. The van der Waals surface area contributed by atoms with Gasteiger partial charge in [0.25, 0.3) is 0 Å². The Morgan fingerprint density at radius 3 is 2.41 bits per heavy atom. The molecule has 6 nitrogen and oxygen atoms in total. The molecule has 6 rings (SSSR count). The number of nitrogens with zero attached hydrogens (tertiary/aromatic N) is 2. The molecule has 0 aliphatic carbocycles. The highest BCUT2D eigenvalue weighted by molar-refractivity contribution is 6.35. The Bertz CT molecular complexity index is 1530. The zero-order valence-electron chi connectivity index (χ0n) is 21.4. The van der Waals surface area contributed by atoms with Gasteiger partial charge in [0.1, 0.15) is 18.1 Å². The molecule has 0 spiro atoms. The van der Waals surface area contributed by atoms with E-state index in [1.54, 1.807) is 20.3 Å². The molecular weight excluding hydrogens is 535 g/mol. The quantitative estimate of drug-likeness (QED) is 0.230. The monoisotopic (exact) mass is 560 g/mol. The second-order valence-electron chi connectivity index (χ2n) is 9.34. The van der Waals surface area contributed by atoms with E-state index in [-0.39, 0.29) is 6.04 Å². The van der Waals surface area contributed by atoms with E-state index in [1.807, 2.05) is 83.9 Å². The summed E-state index contributed by atoms with van der Waals surface area (Å²) in [5, 5.41) is 8.06. The summed E-state index contributed by atoms with van der Waals surface area (Å²) in [5.74, 6) is 2.71. The van der Waals surface area contributed by atoms with Crippen LogP contribution < -0.4 is 18.9 Å². The Morgan fingerprint density at radius 2 is 1.67 bits per heavy atom. The normalized spacial score (nSPS) is 17.5. The fourth-order valence-corrected chi connectivity index (χ4v) is 5.55. The van der Waals surface area contributed by atoms with Crippen molar-refractivity contribution in [3.8, 4) is 23.0 Å². The first-order valence-electron chi connectivity index (χ1n) is 12.5. The van der Waals surface area contributed by atoms with Crippen LogP contribution >= 0.6 is 23.2 Å². The lowest BCUT2D eigenvalue weighted by atomic mass is 9.95. The predicted molar refractivity (Wildman–Crippen MR) is 152 cm³/mol. The lowest BCUT2D eigenvalue weighted by molar-refractivity contribution is -0.0189. The van der Waals surface area contributed by atoms with E-state index >= 15 is 0 Å². The number of rotatable bonds is 7. The van der Waals surface area contributed by atoms with Crippen molar-refractivity contribution in [2.75, 3.05) is 14.2 Å². The van der Waals surface area contributed by atoms with Gasteiger partial charge in [-0.25, -0.2) is 5.01 Å². The van der Waals surface area contributed by atoms with Crippen molar-refractivity contribution < 1.29 is 18.9 Å². The molecule has 0 saturated heterocycles. The molecule has 2 aliphatic heterocycles. The number of benzene rings is 4. The highest BCUT2D eigenvalue weighted by atomic mass is 35.5. The number of hydrogen-bond acceptors (Lipinski definition) is 6. The number of methoxy groups -OCH3 is 2. The summed E-state index contributed by atoms with van der Waals surface area (Å²) >= 11 is 13.0. The predicted octanol–water partition coefficient (Wildman–Crippen LogP) is 7.83. The van der Waals surface area contributed by atoms with Crippen LogP contribution in [-0.4, -0.2) is 24.9 Å². The van der Waals surface area contributed by atoms with Gasteiger partial charge in [0.05, 0.1) is 31.0 Å². The van der Waals surface area contributed by atoms with Gasteiger partial charge < -0.3 is 18.9 Å². The van der Waals surface area contributed by atoms with Gasteiger partial charge in [0, 0.05) is 28.1 Å². The molecule has 2 atom stereocenters. The molecule has 0 fully saturated rings. The maximum atomic E-state index is 6.63. The van der Waals surface area contributed by atoms with Crippen molar-refractivity contribution in [1.29, 1.82) is 0 Å². The first-order valence-corrected chi connectivity index (χ1v) is 13.3. The molecule has 0 unspecified atom stereocenters. The summed E-state index contributed by atoms with van der Waals surface area (Å²) in [5.41, 5.74) is 4.80. The van der Waals surface area contributed by atoms with Crippen LogP contribution in [0.25, 0.3) is 0 Å². The van der Waals surface area contributed by atoms with Crippen molar-refractivity contribution >= 4 is 28.9 Å². The minimum atomic E-state index is -0.484. The third-order valence-electron chi connectivity index (χ3n) is 6.94. The number of halogens is 2. The Morgan fingerprint density at radius 1 is 0.897 bits per heavy atom. The van der Waals surface area contributed by atoms with Crippen LogP contribution in [0.2, 0.25) is 10.0 Å². The molecule has 0 N–H and O–H groups in total. The molecule has 0 aromatic heterocycles. The average Bonchev–Trinajstić information content (AvgIpc) is 3.42. The molecule has 39 heavy (non-hydrogen) atoms. The first-order chi connectivity index (χ1) is 19.0. The van der Waals surface area contributed by atoms with Gasteiger partial charge in [-0.2, -0.15) is 5.10 Å². The van der Waals surface area contributed by atoms with Gasteiger partial charge in [0.15, 0.2) is 11.5 Å².